The number of aromatic nitrogens is 2. The van der Waals surface area contributed by atoms with Crippen molar-refractivity contribution in [1.82, 2.24) is 9.78 Å². The van der Waals surface area contributed by atoms with E-state index in [4.69, 9.17) is 9.84 Å². The van der Waals surface area contributed by atoms with E-state index in [2.05, 4.69) is 67.0 Å². The van der Waals surface area contributed by atoms with E-state index in [0.717, 1.165) is 57.2 Å². The Labute approximate surface area is 179 Å². The molecule has 1 saturated heterocycles. The molecule has 4 rings (SSSR count). The molecule has 0 spiro atoms. The lowest BCUT2D eigenvalue weighted by molar-refractivity contribution is -0.909. The Hall–Kier alpha value is -2.47. The van der Waals surface area contributed by atoms with Crippen LogP contribution in [0.1, 0.15) is 24.5 Å². The number of nitrogens with zero attached hydrogens (tertiary/aromatic N) is 2. The Bertz CT molecular complexity index is 899. The Kier molecular flexibility index (Phi) is 7.29. The van der Waals surface area contributed by atoms with E-state index in [-0.39, 0.29) is 0 Å². The van der Waals surface area contributed by atoms with Gasteiger partial charge in [-0.15, -0.1) is 0 Å². The van der Waals surface area contributed by atoms with E-state index in [1.54, 1.807) is 4.90 Å². The van der Waals surface area contributed by atoms with E-state index >= 15 is 0 Å². The second-order valence-corrected chi connectivity index (χ2v) is 8.08. The van der Waals surface area contributed by atoms with Gasteiger partial charge in [0.15, 0.2) is 0 Å². The number of quaternary nitrogens is 2. The van der Waals surface area contributed by atoms with E-state index in [9.17, 15) is 0 Å². The highest BCUT2D eigenvalue weighted by Crippen LogP contribution is 2.24. The Morgan fingerprint density at radius 2 is 1.80 bits per heavy atom. The highest BCUT2D eigenvalue weighted by atomic mass is 16.5. The minimum atomic E-state index is 0.915. The lowest BCUT2D eigenvalue weighted by Crippen LogP contribution is -3.14. The molecule has 5 nitrogen and oxygen atoms in total. The minimum absolute atomic E-state index is 0.915. The van der Waals surface area contributed by atoms with E-state index in [0.29, 0.717) is 0 Å². The maximum atomic E-state index is 5.46. The number of para-hydroxylation sites is 1. The minimum Gasteiger partial charge on any atom is -0.370 e. The zero-order valence-corrected chi connectivity index (χ0v) is 18.0. The number of nitrogens with two attached hydrogens (primary N) is 1. The van der Waals surface area contributed by atoms with Crippen molar-refractivity contribution < 1.29 is 15.0 Å². The maximum absolute atomic E-state index is 5.46. The summed E-state index contributed by atoms with van der Waals surface area (Å²) in [5, 5.41) is 7.38. The van der Waals surface area contributed by atoms with Crippen LogP contribution in [0.4, 0.5) is 0 Å². The van der Waals surface area contributed by atoms with Crippen molar-refractivity contribution in [1.29, 1.82) is 0 Å². The van der Waals surface area contributed by atoms with Crippen molar-refractivity contribution in [3.63, 3.8) is 0 Å². The number of nitrogens with one attached hydrogen (secondary N) is 1. The van der Waals surface area contributed by atoms with Crippen LogP contribution in [0.5, 0.6) is 0 Å². The third-order valence-electron chi connectivity index (χ3n) is 5.95. The molecule has 0 radical (unpaired) electrons. The monoisotopic (exact) mass is 406 g/mol. The van der Waals surface area contributed by atoms with Gasteiger partial charge in [-0.05, 0) is 24.1 Å². The molecule has 1 aliphatic rings. The largest absolute Gasteiger partial charge is 0.370 e. The van der Waals surface area contributed by atoms with Gasteiger partial charge in [-0.25, -0.2) is 4.68 Å². The van der Waals surface area contributed by atoms with Gasteiger partial charge in [-0.2, -0.15) is 5.10 Å². The van der Waals surface area contributed by atoms with Crippen LogP contribution in [0.2, 0.25) is 0 Å². The molecular weight excluding hydrogens is 372 g/mol. The molecule has 1 fully saturated rings. The predicted molar refractivity (Wildman–Crippen MR) is 120 cm³/mol. The molecule has 2 heterocycles. The maximum Gasteiger partial charge on any atom is 0.105 e. The number of rotatable bonds is 9. The van der Waals surface area contributed by atoms with Crippen molar-refractivity contribution >= 4 is 0 Å². The molecular formula is C25H34N4O+2. The number of aryl methyl sites for hydroxylation is 1. The molecule has 158 valence electrons. The number of ether oxygens (including phenoxy) is 1. The van der Waals surface area contributed by atoms with Crippen LogP contribution in [-0.4, -0.2) is 49.2 Å². The fourth-order valence-electron chi connectivity index (χ4n) is 4.08. The summed E-state index contributed by atoms with van der Waals surface area (Å²) in [6.45, 7) is 9.68. The van der Waals surface area contributed by atoms with Crippen LogP contribution in [0, 0.1) is 0 Å². The van der Waals surface area contributed by atoms with Gasteiger partial charge in [-0.3, -0.25) is 0 Å². The first-order valence-electron chi connectivity index (χ1n) is 11.3. The van der Waals surface area contributed by atoms with Crippen LogP contribution >= 0.6 is 0 Å². The van der Waals surface area contributed by atoms with Crippen LogP contribution in [0.3, 0.4) is 0 Å². The summed E-state index contributed by atoms with van der Waals surface area (Å²) in [4.78, 5) is 1.68. The fraction of sp³-hybridized carbons (Fsp3) is 0.400. The SMILES string of the molecule is CCc1ccc(-c2nn(-c3ccccc3)cc2C[NH2+]CCC[NH+]2CCOCC2)cc1. The Morgan fingerprint density at radius 1 is 1.03 bits per heavy atom. The third kappa shape index (κ3) is 5.36. The van der Waals surface area contributed by atoms with Crippen LogP contribution in [-0.2, 0) is 17.7 Å². The Morgan fingerprint density at radius 3 is 2.53 bits per heavy atom. The standard InChI is InChI=1S/C25H32N4O/c1-2-21-9-11-22(12-10-21)25-23(20-29(27-25)24-7-4-3-5-8-24)19-26-13-6-14-28-15-17-30-18-16-28/h3-5,7-12,20,26H,2,6,13-19H2,1H3/p+2. The quantitative estimate of drug-likeness (QED) is 0.529. The van der Waals surface area contributed by atoms with E-state index < -0.39 is 0 Å². The predicted octanol–water partition coefficient (Wildman–Crippen LogP) is 1.47. The van der Waals surface area contributed by atoms with Gasteiger partial charge in [0.1, 0.15) is 25.3 Å². The van der Waals surface area contributed by atoms with Gasteiger partial charge in [0, 0.05) is 18.2 Å². The molecule has 3 N–H and O–H groups in total. The van der Waals surface area contributed by atoms with Crippen LogP contribution in [0.25, 0.3) is 16.9 Å². The number of hydrogen-bond acceptors (Lipinski definition) is 2. The average molecular weight is 407 g/mol. The second-order valence-electron chi connectivity index (χ2n) is 8.08. The van der Waals surface area contributed by atoms with Crippen molar-refractivity contribution in [2.45, 2.75) is 26.3 Å². The van der Waals surface area contributed by atoms with Gasteiger partial charge in [0.25, 0.3) is 0 Å². The van der Waals surface area contributed by atoms with Crippen LogP contribution in [0.15, 0.2) is 60.8 Å². The number of benzene rings is 2. The van der Waals surface area contributed by atoms with Gasteiger partial charge in [0.05, 0.1) is 37.6 Å². The first kappa shape index (κ1) is 20.8. The molecule has 2 aromatic carbocycles. The summed E-state index contributed by atoms with van der Waals surface area (Å²) in [6, 6.07) is 19.2. The zero-order valence-electron chi connectivity index (χ0n) is 18.0. The zero-order chi connectivity index (χ0) is 20.6. The average Bonchev–Trinajstić information content (AvgIpc) is 3.24. The smallest absolute Gasteiger partial charge is 0.105 e. The second kappa shape index (κ2) is 10.5. The topological polar surface area (TPSA) is 48.1 Å². The third-order valence-corrected chi connectivity index (χ3v) is 5.95. The summed E-state index contributed by atoms with van der Waals surface area (Å²) in [7, 11) is 0. The van der Waals surface area contributed by atoms with E-state index in [1.165, 1.54) is 29.7 Å². The van der Waals surface area contributed by atoms with Gasteiger partial charge in [0.2, 0.25) is 0 Å². The van der Waals surface area contributed by atoms with Crippen molar-refractivity contribution in [3.05, 3.63) is 71.9 Å². The molecule has 5 heteroatoms. The molecule has 1 aromatic heterocycles. The molecule has 3 aromatic rings. The summed E-state index contributed by atoms with van der Waals surface area (Å²) >= 11 is 0. The van der Waals surface area contributed by atoms with E-state index in [1.807, 2.05) is 10.7 Å². The Balaban J connectivity index is 1.43. The summed E-state index contributed by atoms with van der Waals surface area (Å²) in [6.07, 6.45) is 4.50. The molecule has 0 bridgehead atoms. The first-order valence-corrected chi connectivity index (χ1v) is 11.3. The summed E-state index contributed by atoms with van der Waals surface area (Å²) < 4.78 is 7.47. The molecule has 0 aliphatic carbocycles. The fourth-order valence-corrected chi connectivity index (χ4v) is 4.08. The summed E-state index contributed by atoms with van der Waals surface area (Å²) in [5.74, 6) is 0. The van der Waals surface area contributed by atoms with Crippen LogP contribution < -0.4 is 10.2 Å². The number of hydrogen-bond donors (Lipinski definition) is 2. The highest BCUT2D eigenvalue weighted by molar-refractivity contribution is 5.63. The lowest BCUT2D eigenvalue weighted by Gasteiger charge is -2.23. The van der Waals surface area contributed by atoms with Gasteiger partial charge >= 0.3 is 0 Å². The normalized spacial score (nSPS) is 14.8. The molecule has 1 aliphatic heterocycles. The highest BCUT2D eigenvalue weighted by Gasteiger charge is 2.15. The molecule has 0 atom stereocenters. The van der Waals surface area contributed by atoms with Gasteiger partial charge < -0.3 is 15.0 Å². The molecule has 0 unspecified atom stereocenters. The van der Waals surface area contributed by atoms with Gasteiger partial charge in [-0.1, -0.05) is 49.4 Å². The van der Waals surface area contributed by atoms with Crippen molar-refractivity contribution in [2.75, 3.05) is 39.4 Å². The molecule has 30 heavy (non-hydrogen) atoms. The molecule has 0 amide bonds. The molecule has 0 saturated carbocycles. The first-order chi connectivity index (χ1) is 14.8. The summed E-state index contributed by atoms with van der Waals surface area (Å²) in [5.41, 5.74) is 6.05. The lowest BCUT2D eigenvalue weighted by atomic mass is 10.0. The van der Waals surface area contributed by atoms with Crippen molar-refractivity contribution in [2.24, 2.45) is 0 Å². The number of morpholine rings is 1. The van der Waals surface area contributed by atoms with Crippen molar-refractivity contribution in [3.8, 4) is 16.9 Å².